The third kappa shape index (κ3) is 8.72. The van der Waals surface area contributed by atoms with Gasteiger partial charge in [0.2, 0.25) is 5.89 Å². The molecule has 0 aliphatic rings. The van der Waals surface area contributed by atoms with Gasteiger partial charge in [-0.15, -0.1) is 10.2 Å². The van der Waals surface area contributed by atoms with Gasteiger partial charge in [0.25, 0.3) is 15.6 Å². The molecule has 2 unspecified atom stereocenters. The Hall–Kier alpha value is -8.34. The van der Waals surface area contributed by atoms with Crippen molar-refractivity contribution in [1.82, 2.24) is 19.6 Å². The Kier molecular flexibility index (Phi) is 11.6. The number of hydrogen-bond donors (Lipinski definition) is 2. The van der Waals surface area contributed by atoms with Gasteiger partial charge in [-0.2, -0.15) is 9.36 Å². The molecule has 4 aromatic heterocycles. The zero-order valence-corrected chi connectivity index (χ0v) is 38.7. The number of nitrogens with zero attached hydrogens (tertiary/aromatic N) is 6. The van der Waals surface area contributed by atoms with Crippen LogP contribution < -0.4 is 31.7 Å². The Balaban J connectivity index is 0.927. The standard InChI is InChI=1S/C52H42N8O6S2/c1-57(2)38-25-17-33(18-26-38)46(59-51(67)65-48(55-59)41-30-45(61)63-44-12-8-6-10-40(41)44)53-36-21-13-31(14-22-36)32-15-23-37(24-16-32)54-47(34-19-27-39(28-20-34)58(3)4)60-52(68)66-49(56-60)42-29-35-9-5-7-11-43(35)64-50(42)62/h5-30,46-47,53-54H,1-4H3. The van der Waals surface area contributed by atoms with Crippen LogP contribution in [0.4, 0.5) is 22.7 Å². The number of fused-ring (bicyclic) bond motifs is 2. The van der Waals surface area contributed by atoms with Crippen LogP contribution in [0.25, 0.3) is 56.0 Å². The summed E-state index contributed by atoms with van der Waals surface area (Å²) in [6.45, 7) is 0. The lowest BCUT2D eigenvalue weighted by Crippen LogP contribution is -2.21. The van der Waals surface area contributed by atoms with Crippen LogP contribution in [0.3, 0.4) is 0 Å². The number of aromatic nitrogens is 4. The fraction of sp³-hybridized carbons (Fsp3) is 0.115. The summed E-state index contributed by atoms with van der Waals surface area (Å²) in [5.74, 6) is 0.250. The van der Waals surface area contributed by atoms with E-state index in [0.717, 1.165) is 50.4 Å². The molecule has 6 aromatic carbocycles. The molecular weight excluding hydrogens is 897 g/mol. The van der Waals surface area contributed by atoms with Crippen molar-refractivity contribution in [3.8, 4) is 34.0 Å². The van der Waals surface area contributed by atoms with Gasteiger partial charge in [0.15, 0.2) is 12.3 Å². The molecule has 0 spiro atoms. The van der Waals surface area contributed by atoms with Gasteiger partial charge in [-0.05, 0) is 113 Å². The van der Waals surface area contributed by atoms with E-state index in [1.165, 1.54) is 6.07 Å². The van der Waals surface area contributed by atoms with Crippen LogP contribution in [-0.2, 0) is 0 Å². The summed E-state index contributed by atoms with van der Waals surface area (Å²) in [4.78, 5) is 29.9. The number of anilines is 4. The molecule has 2 N–H and O–H groups in total. The lowest BCUT2D eigenvalue weighted by molar-refractivity contribution is 0.494. The van der Waals surface area contributed by atoms with Gasteiger partial charge in [-0.1, -0.05) is 84.9 Å². The topological polar surface area (TPSA) is 153 Å². The van der Waals surface area contributed by atoms with Crippen molar-refractivity contribution in [3.63, 3.8) is 0 Å². The molecule has 10 rings (SSSR count). The number of para-hydroxylation sites is 2. The number of rotatable bonds is 13. The Morgan fingerprint density at radius 1 is 0.515 bits per heavy atom. The molecule has 0 aliphatic carbocycles. The average Bonchev–Trinajstić information content (AvgIpc) is 3.93. The highest BCUT2D eigenvalue weighted by Gasteiger charge is 2.24. The second-order valence-electron chi connectivity index (χ2n) is 16.4. The molecule has 0 saturated carbocycles. The van der Waals surface area contributed by atoms with Crippen molar-refractivity contribution in [1.29, 1.82) is 0 Å². The maximum Gasteiger partial charge on any atom is 0.349 e. The van der Waals surface area contributed by atoms with Gasteiger partial charge in [0.1, 0.15) is 16.7 Å². The van der Waals surface area contributed by atoms with Gasteiger partial charge in [-0.25, -0.2) is 9.59 Å². The summed E-state index contributed by atoms with van der Waals surface area (Å²) >= 11 is 11.5. The second-order valence-corrected chi connectivity index (χ2v) is 17.1. The van der Waals surface area contributed by atoms with E-state index in [4.69, 9.17) is 52.3 Å². The smallest absolute Gasteiger partial charge is 0.349 e. The van der Waals surface area contributed by atoms with E-state index >= 15 is 0 Å². The first-order valence-electron chi connectivity index (χ1n) is 21.5. The third-order valence-electron chi connectivity index (χ3n) is 11.5. The summed E-state index contributed by atoms with van der Waals surface area (Å²) in [6.07, 6.45) is -1.18. The van der Waals surface area contributed by atoms with Gasteiger partial charge in [0.05, 0.1) is 5.56 Å². The summed E-state index contributed by atoms with van der Waals surface area (Å²) < 4.78 is 26.2. The molecule has 16 heteroatoms. The van der Waals surface area contributed by atoms with Crippen LogP contribution in [0.5, 0.6) is 0 Å². The fourth-order valence-corrected chi connectivity index (χ4v) is 8.39. The van der Waals surface area contributed by atoms with Gasteiger partial charge in [-0.3, -0.25) is 0 Å². The maximum atomic E-state index is 13.1. The lowest BCUT2D eigenvalue weighted by Gasteiger charge is -2.22. The first kappa shape index (κ1) is 43.5. The predicted molar refractivity (Wildman–Crippen MR) is 271 cm³/mol. The van der Waals surface area contributed by atoms with Crippen LogP contribution in [0.15, 0.2) is 185 Å². The van der Waals surface area contributed by atoms with Gasteiger partial charge < -0.3 is 38.1 Å². The Morgan fingerprint density at radius 2 is 0.985 bits per heavy atom. The fourth-order valence-electron chi connectivity index (χ4n) is 7.94. The molecule has 0 radical (unpaired) electrons. The van der Waals surface area contributed by atoms with Crippen LogP contribution in [0, 0.1) is 9.67 Å². The molecule has 4 heterocycles. The second kappa shape index (κ2) is 18.1. The first-order chi connectivity index (χ1) is 32.9. The maximum absolute atomic E-state index is 13.1. The molecule has 0 saturated heterocycles. The quantitative estimate of drug-likeness (QED) is 0.0832. The van der Waals surface area contributed by atoms with E-state index in [2.05, 4.69) is 10.6 Å². The zero-order chi connectivity index (χ0) is 47.1. The van der Waals surface area contributed by atoms with Crippen LogP contribution in [0.2, 0.25) is 0 Å². The van der Waals surface area contributed by atoms with Crippen LogP contribution >= 0.6 is 24.4 Å². The van der Waals surface area contributed by atoms with E-state index in [1.807, 2.05) is 159 Å². The third-order valence-corrected chi connectivity index (χ3v) is 12.1. The van der Waals surface area contributed by atoms with E-state index in [0.29, 0.717) is 22.1 Å². The SMILES string of the molecule is CN(C)c1ccc(C(Nc2ccc(-c3ccc(NC(c4ccc(N(C)C)cc4)n4nc(-c5cc(=O)oc6ccccc56)oc4=S)cc3)cc2)n2nc(-c3cc4ccccc4oc3=O)oc2=S)cc1. The van der Waals surface area contributed by atoms with E-state index in [-0.39, 0.29) is 27.0 Å². The molecule has 2 atom stereocenters. The van der Waals surface area contributed by atoms with Crippen molar-refractivity contribution in [2.45, 2.75) is 12.3 Å². The molecule has 0 fully saturated rings. The van der Waals surface area contributed by atoms with Gasteiger partial charge in [0, 0.05) is 67.8 Å². The molecule has 68 heavy (non-hydrogen) atoms. The highest BCUT2D eigenvalue weighted by atomic mass is 32.1. The van der Waals surface area contributed by atoms with E-state index in [1.54, 1.807) is 39.7 Å². The summed E-state index contributed by atoms with van der Waals surface area (Å²) in [5, 5.41) is 18.2. The molecule has 14 nitrogen and oxygen atoms in total. The number of benzene rings is 6. The highest BCUT2D eigenvalue weighted by Crippen LogP contribution is 2.32. The molecule has 10 aromatic rings. The van der Waals surface area contributed by atoms with Crippen molar-refractivity contribution >= 4 is 69.1 Å². The minimum absolute atomic E-state index is 0.0542. The number of hydrogen-bond acceptors (Lipinski definition) is 14. The van der Waals surface area contributed by atoms with Crippen molar-refractivity contribution in [2.24, 2.45) is 0 Å². The molecule has 0 aliphatic heterocycles. The molecule has 0 bridgehead atoms. The summed E-state index contributed by atoms with van der Waals surface area (Å²) in [5.41, 5.74) is 7.79. The normalized spacial score (nSPS) is 12.2. The number of nitrogens with one attached hydrogen (secondary N) is 2. The highest BCUT2D eigenvalue weighted by molar-refractivity contribution is 7.71. The predicted octanol–water partition coefficient (Wildman–Crippen LogP) is 11.4. The Morgan fingerprint density at radius 3 is 1.50 bits per heavy atom. The molecule has 338 valence electrons. The minimum Gasteiger partial charge on any atom is -0.423 e. The molecular formula is C52H42N8O6S2. The zero-order valence-electron chi connectivity index (χ0n) is 37.1. The van der Waals surface area contributed by atoms with Crippen molar-refractivity contribution in [3.05, 3.63) is 199 Å². The molecule has 0 amide bonds. The van der Waals surface area contributed by atoms with Crippen molar-refractivity contribution < 1.29 is 17.7 Å². The monoisotopic (exact) mass is 938 g/mol. The summed E-state index contributed by atoms with van der Waals surface area (Å²) in [6, 6.07) is 49.8. The lowest BCUT2D eigenvalue weighted by atomic mass is 10.0. The Bertz CT molecular complexity index is 3690. The largest absolute Gasteiger partial charge is 0.423 e. The van der Waals surface area contributed by atoms with Crippen molar-refractivity contribution in [2.75, 3.05) is 48.6 Å². The average molecular weight is 939 g/mol. The first-order valence-corrected chi connectivity index (χ1v) is 22.3. The minimum atomic E-state index is -0.604. The Labute approximate surface area is 398 Å². The summed E-state index contributed by atoms with van der Waals surface area (Å²) in [7, 11) is 7.94. The van der Waals surface area contributed by atoms with E-state index < -0.39 is 23.6 Å². The van der Waals surface area contributed by atoms with Crippen LogP contribution in [0.1, 0.15) is 23.5 Å². The van der Waals surface area contributed by atoms with E-state index in [9.17, 15) is 9.59 Å². The van der Waals surface area contributed by atoms with Crippen LogP contribution in [-0.4, -0.2) is 47.8 Å². The van der Waals surface area contributed by atoms with Gasteiger partial charge >= 0.3 is 11.3 Å².